The predicted molar refractivity (Wildman–Crippen MR) is 79.6 cm³/mol. The van der Waals surface area contributed by atoms with Gasteiger partial charge in [-0.3, -0.25) is 4.98 Å². The molecule has 1 heterocycles. The van der Waals surface area contributed by atoms with Gasteiger partial charge in [-0.05, 0) is 24.5 Å². The van der Waals surface area contributed by atoms with Crippen molar-refractivity contribution >= 4 is 5.97 Å². The molecular weight excluding hydrogens is 250 g/mol. The first kappa shape index (κ1) is 14.3. The molecule has 1 aromatic carbocycles. The normalized spacial score (nSPS) is 10.3. The van der Waals surface area contributed by atoms with Crippen LogP contribution >= 0.6 is 0 Å². The standard InChI is InChI=1S/C17H19NO2/c1-3-4-8-13-11-12-18-16(15(13)17(19)20-2)14-9-6-5-7-10-14/h5-7,9-12H,3-4,8H2,1-2H3. The van der Waals surface area contributed by atoms with Gasteiger partial charge in [-0.15, -0.1) is 0 Å². The van der Waals surface area contributed by atoms with Crippen molar-refractivity contribution in [3.05, 3.63) is 53.7 Å². The molecule has 0 N–H and O–H groups in total. The number of esters is 1. The molecule has 1 aromatic heterocycles. The number of hydrogen-bond donors (Lipinski definition) is 0. The molecule has 20 heavy (non-hydrogen) atoms. The summed E-state index contributed by atoms with van der Waals surface area (Å²) in [4.78, 5) is 16.5. The van der Waals surface area contributed by atoms with Gasteiger partial charge in [0.05, 0.1) is 18.4 Å². The molecule has 0 aliphatic heterocycles. The van der Waals surface area contributed by atoms with Gasteiger partial charge in [0.1, 0.15) is 0 Å². The second kappa shape index (κ2) is 6.85. The van der Waals surface area contributed by atoms with Gasteiger partial charge in [-0.2, -0.15) is 0 Å². The van der Waals surface area contributed by atoms with Crippen LogP contribution in [0.2, 0.25) is 0 Å². The Hall–Kier alpha value is -2.16. The van der Waals surface area contributed by atoms with Gasteiger partial charge in [0, 0.05) is 11.8 Å². The average molecular weight is 269 g/mol. The Morgan fingerprint density at radius 3 is 2.60 bits per heavy atom. The van der Waals surface area contributed by atoms with Crippen molar-refractivity contribution in [2.24, 2.45) is 0 Å². The Labute approximate surface area is 119 Å². The van der Waals surface area contributed by atoms with Gasteiger partial charge in [0.25, 0.3) is 0 Å². The molecule has 0 unspecified atom stereocenters. The van der Waals surface area contributed by atoms with Crippen LogP contribution in [-0.4, -0.2) is 18.1 Å². The molecule has 104 valence electrons. The van der Waals surface area contributed by atoms with E-state index in [2.05, 4.69) is 11.9 Å². The molecule has 0 aliphatic rings. The van der Waals surface area contributed by atoms with Crippen molar-refractivity contribution in [2.45, 2.75) is 26.2 Å². The topological polar surface area (TPSA) is 39.2 Å². The molecule has 0 spiro atoms. The fourth-order valence-corrected chi connectivity index (χ4v) is 2.22. The lowest BCUT2D eigenvalue weighted by Crippen LogP contribution is -2.09. The molecule has 0 fully saturated rings. The third-order valence-electron chi connectivity index (χ3n) is 3.27. The lowest BCUT2D eigenvalue weighted by Gasteiger charge is -2.12. The molecule has 2 rings (SSSR count). The van der Waals surface area contributed by atoms with Gasteiger partial charge < -0.3 is 4.74 Å². The van der Waals surface area contributed by atoms with Crippen LogP contribution in [0.25, 0.3) is 11.3 Å². The van der Waals surface area contributed by atoms with E-state index in [1.807, 2.05) is 36.4 Å². The van der Waals surface area contributed by atoms with Crippen LogP contribution in [0.4, 0.5) is 0 Å². The number of nitrogens with zero attached hydrogens (tertiary/aromatic N) is 1. The molecule has 0 radical (unpaired) electrons. The number of ether oxygens (including phenoxy) is 1. The van der Waals surface area contributed by atoms with E-state index < -0.39 is 0 Å². The zero-order valence-corrected chi connectivity index (χ0v) is 11.9. The minimum atomic E-state index is -0.317. The molecule has 0 aliphatic carbocycles. The van der Waals surface area contributed by atoms with Gasteiger partial charge in [0.15, 0.2) is 0 Å². The fraction of sp³-hybridized carbons (Fsp3) is 0.294. The number of rotatable bonds is 5. The average Bonchev–Trinajstić information content (AvgIpc) is 2.52. The van der Waals surface area contributed by atoms with Gasteiger partial charge in [-0.1, -0.05) is 43.7 Å². The van der Waals surface area contributed by atoms with E-state index in [1.165, 1.54) is 7.11 Å². The third kappa shape index (κ3) is 3.05. The second-order valence-corrected chi connectivity index (χ2v) is 4.65. The smallest absolute Gasteiger partial charge is 0.340 e. The monoisotopic (exact) mass is 269 g/mol. The van der Waals surface area contributed by atoms with Crippen molar-refractivity contribution in [1.82, 2.24) is 4.98 Å². The number of carbonyl (C=O) groups is 1. The van der Waals surface area contributed by atoms with E-state index in [1.54, 1.807) is 6.20 Å². The molecule has 0 bridgehead atoms. The number of carbonyl (C=O) groups excluding carboxylic acids is 1. The molecule has 0 saturated carbocycles. The van der Waals surface area contributed by atoms with E-state index in [0.29, 0.717) is 11.3 Å². The second-order valence-electron chi connectivity index (χ2n) is 4.65. The lowest BCUT2D eigenvalue weighted by atomic mass is 9.98. The highest BCUT2D eigenvalue weighted by atomic mass is 16.5. The van der Waals surface area contributed by atoms with Gasteiger partial charge >= 0.3 is 5.97 Å². The molecule has 0 saturated heterocycles. The maximum absolute atomic E-state index is 12.1. The van der Waals surface area contributed by atoms with E-state index in [4.69, 9.17) is 4.74 Å². The quantitative estimate of drug-likeness (QED) is 0.773. The van der Waals surface area contributed by atoms with Crippen LogP contribution in [-0.2, 0) is 11.2 Å². The minimum absolute atomic E-state index is 0.317. The first-order valence-corrected chi connectivity index (χ1v) is 6.89. The number of aryl methyl sites for hydroxylation is 1. The van der Waals surface area contributed by atoms with Crippen LogP contribution in [0.15, 0.2) is 42.6 Å². The Kier molecular flexibility index (Phi) is 4.88. The predicted octanol–water partition coefficient (Wildman–Crippen LogP) is 3.88. The first-order valence-electron chi connectivity index (χ1n) is 6.89. The maximum Gasteiger partial charge on any atom is 0.340 e. The number of hydrogen-bond acceptors (Lipinski definition) is 3. The Balaban J connectivity index is 2.53. The highest BCUT2D eigenvalue weighted by molar-refractivity contribution is 5.97. The van der Waals surface area contributed by atoms with Crippen molar-refractivity contribution in [3.8, 4) is 11.3 Å². The molecular formula is C17H19NO2. The summed E-state index contributed by atoms with van der Waals surface area (Å²) in [6.07, 6.45) is 4.76. The van der Waals surface area contributed by atoms with Crippen molar-refractivity contribution in [1.29, 1.82) is 0 Å². The summed E-state index contributed by atoms with van der Waals surface area (Å²) < 4.78 is 4.94. The Bertz CT molecular complexity index is 579. The van der Waals surface area contributed by atoms with Crippen molar-refractivity contribution in [2.75, 3.05) is 7.11 Å². The van der Waals surface area contributed by atoms with E-state index >= 15 is 0 Å². The summed E-state index contributed by atoms with van der Waals surface area (Å²) in [7, 11) is 1.41. The number of pyridine rings is 1. The van der Waals surface area contributed by atoms with Crippen LogP contribution in [0.3, 0.4) is 0 Å². The highest BCUT2D eigenvalue weighted by Crippen LogP contribution is 2.25. The summed E-state index contributed by atoms with van der Waals surface area (Å²) in [5.41, 5.74) is 3.24. The van der Waals surface area contributed by atoms with Crippen molar-refractivity contribution < 1.29 is 9.53 Å². The summed E-state index contributed by atoms with van der Waals surface area (Å²) >= 11 is 0. The van der Waals surface area contributed by atoms with E-state index in [-0.39, 0.29) is 5.97 Å². The number of unbranched alkanes of at least 4 members (excludes halogenated alkanes) is 1. The van der Waals surface area contributed by atoms with Crippen LogP contribution in [0.5, 0.6) is 0 Å². The number of methoxy groups -OCH3 is 1. The molecule has 3 nitrogen and oxygen atoms in total. The molecule has 3 heteroatoms. The van der Waals surface area contributed by atoms with Crippen LogP contribution in [0, 0.1) is 0 Å². The number of benzene rings is 1. The van der Waals surface area contributed by atoms with Gasteiger partial charge in [0.2, 0.25) is 0 Å². The Morgan fingerprint density at radius 2 is 1.95 bits per heavy atom. The number of aromatic nitrogens is 1. The SMILES string of the molecule is CCCCc1ccnc(-c2ccccc2)c1C(=O)OC. The van der Waals surface area contributed by atoms with Gasteiger partial charge in [-0.25, -0.2) is 4.79 Å². The molecule has 0 atom stereocenters. The fourth-order valence-electron chi connectivity index (χ4n) is 2.22. The third-order valence-corrected chi connectivity index (χ3v) is 3.27. The highest BCUT2D eigenvalue weighted by Gasteiger charge is 2.18. The summed E-state index contributed by atoms with van der Waals surface area (Å²) in [6.45, 7) is 2.14. The minimum Gasteiger partial charge on any atom is -0.465 e. The molecule has 0 amide bonds. The maximum atomic E-state index is 12.1. The first-order chi connectivity index (χ1) is 9.77. The van der Waals surface area contributed by atoms with Crippen LogP contribution in [0.1, 0.15) is 35.7 Å². The lowest BCUT2D eigenvalue weighted by molar-refractivity contribution is 0.0600. The van der Waals surface area contributed by atoms with Crippen LogP contribution < -0.4 is 0 Å². The molecule has 2 aromatic rings. The zero-order valence-electron chi connectivity index (χ0n) is 11.9. The van der Waals surface area contributed by atoms with E-state index in [0.717, 1.165) is 30.4 Å². The van der Waals surface area contributed by atoms with Crippen molar-refractivity contribution in [3.63, 3.8) is 0 Å². The largest absolute Gasteiger partial charge is 0.465 e. The summed E-state index contributed by atoms with van der Waals surface area (Å²) in [6, 6.07) is 11.7. The summed E-state index contributed by atoms with van der Waals surface area (Å²) in [5, 5.41) is 0. The summed E-state index contributed by atoms with van der Waals surface area (Å²) in [5.74, 6) is -0.317. The van der Waals surface area contributed by atoms with E-state index in [9.17, 15) is 4.79 Å². The Morgan fingerprint density at radius 1 is 1.20 bits per heavy atom. The zero-order chi connectivity index (χ0) is 14.4.